The molecule has 2 heteroatoms. The summed E-state index contributed by atoms with van der Waals surface area (Å²) in [5, 5.41) is 3.40. The molecule has 0 saturated carbocycles. The molecule has 0 bridgehead atoms. The topological polar surface area (TPSA) is 21.3 Å². The Bertz CT molecular complexity index is 367. The molecule has 1 N–H and O–H groups in total. The van der Waals surface area contributed by atoms with Crippen LogP contribution in [0.1, 0.15) is 30.9 Å². The van der Waals surface area contributed by atoms with Crippen molar-refractivity contribution in [3.8, 4) is 5.75 Å². The average Bonchev–Trinajstić information content (AvgIpc) is 2.23. The first kappa shape index (κ1) is 11.5. The minimum Gasteiger partial charge on any atom is -0.486 e. The van der Waals surface area contributed by atoms with Crippen LogP contribution in [0.3, 0.4) is 0 Å². The summed E-state index contributed by atoms with van der Waals surface area (Å²) in [7, 11) is 0. The third-order valence-electron chi connectivity index (χ3n) is 3.24. The van der Waals surface area contributed by atoms with Crippen molar-refractivity contribution in [2.45, 2.75) is 39.2 Å². The lowest BCUT2D eigenvalue weighted by atomic mass is 9.96. The number of ether oxygens (including phenoxy) is 1. The standard InChI is InChI=1S/C14H21NO/c1-11-5-6-13(12(2)9-11)16-14(3)7-4-8-15-10-14/h5-6,9,15H,4,7-8,10H2,1-3H3. The highest BCUT2D eigenvalue weighted by Gasteiger charge is 2.28. The smallest absolute Gasteiger partial charge is 0.123 e. The molecule has 1 unspecified atom stereocenters. The molecule has 2 rings (SSSR count). The Balaban J connectivity index is 2.13. The lowest BCUT2D eigenvalue weighted by Gasteiger charge is -2.35. The summed E-state index contributed by atoms with van der Waals surface area (Å²) in [5.74, 6) is 1.02. The zero-order valence-corrected chi connectivity index (χ0v) is 10.5. The second kappa shape index (κ2) is 4.46. The Morgan fingerprint density at radius 3 is 2.75 bits per heavy atom. The Morgan fingerprint density at radius 1 is 1.31 bits per heavy atom. The van der Waals surface area contributed by atoms with Gasteiger partial charge in [-0.25, -0.2) is 0 Å². The highest BCUT2D eigenvalue weighted by Crippen LogP contribution is 2.27. The molecule has 2 nitrogen and oxygen atoms in total. The fourth-order valence-electron chi connectivity index (χ4n) is 2.29. The molecule has 1 aliphatic rings. The lowest BCUT2D eigenvalue weighted by Crippen LogP contribution is -2.47. The molecule has 1 aromatic rings. The van der Waals surface area contributed by atoms with E-state index in [1.807, 2.05) is 0 Å². The summed E-state index contributed by atoms with van der Waals surface area (Å²) < 4.78 is 6.17. The maximum absolute atomic E-state index is 6.17. The average molecular weight is 219 g/mol. The van der Waals surface area contributed by atoms with E-state index in [0.29, 0.717) is 0 Å². The van der Waals surface area contributed by atoms with Gasteiger partial charge in [-0.1, -0.05) is 17.7 Å². The van der Waals surface area contributed by atoms with Gasteiger partial charge in [-0.15, -0.1) is 0 Å². The first-order valence-corrected chi connectivity index (χ1v) is 6.06. The van der Waals surface area contributed by atoms with Gasteiger partial charge in [0, 0.05) is 6.54 Å². The van der Waals surface area contributed by atoms with E-state index in [1.54, 1.807) is 0 Å². The van der Waals surface area contributed by atoms with Crippen LogP contribution in [0.2, 0.25) is 0 Å². The Morgan fingerprint density at radius 2 is 2.12 bits per heavy atom. The molecule has 1 heterocycles. The van der Waals surface area contributed by atoms with E-state index < -0.39 is 0 Å². The molecule has 0 aliphatic carbocycles. The summed E-state index contributed by atoms with van der Waals surface area (Å²) in [6.45, 7) is 8.48. The molecule has 88 valence electrons. The normalized spacial score (nSPS) is 25.4. The van der Waals surface area contributed by atoms with Crippen LogP contribution in [0.25, 0.3) is 0 Å². The number of rotatable bonds is 2. The highest BCUT2D eigenvalue weighted by atomic mass is 16.5. The molecular weight excluding hydrogens is 198 g/mol. The van der Waals surface area contributed by atoms with E-state index >= 15 is 0 Å². The van der Waals surface area contributed by atoms with Crippen molar-refractivity contribution in [1.29, 1.82) is 0 Å². The number of nitrogens with one attached hydrogen (secondary N) is 1. The second-order valence-corrected chi connectivity index (χ2v) is 5.10. The van der Waals surface area contributed by atoms with E-state index in [4.69, 9.17) is 4.74 Å². The summed E-state index contributed by atoms with van der Waals surface area (Å²) in [6.07, 6.45) is 2.33. The molecule has 1 saturated heterocycles. The maximum atomic E-state index is 6.17. The van der Waals surface area contributed by atoms with Crippen LogP contribution in [0, 0.1) is 13.8 Å². The van der Waals surface area contributed by atoms with Crippen molar-refractivity contribution >= 4 is 0 Å². The number of hydrogen-bond donors (Lipinski definition) is 1. The van der Waals surface area contributed by atoms with Crippen LogP contribution in [-0.2, 0) is 0 Å². The van der Waals surface area contributed by atoms with Crippen LogP contribution in [0.15, 0.2) is 18.2 Å². The van der Waals surface area contributed by atoms with Gasteiger partial charge in [-0.3, -0.25) is 0 Å². The van der Waals surface area contributed by atoms with Crippen molar-refractivity contribution in [2.24, 2.45) is 0 Å². The van der Waals surface area contributed by atoms with Gasteiger partial charge in [0.05, 0.1) is 0 Å². The molecule has 16 heavy (non-hydrogen) atoms. The predicted octanol–water partition coefficient (Wildman–Crippen LogP) is 2.82. The fourth-order valence-corrected chi connectivity index (χ4v) is 2.29. The van der Waals surface area contributed by atoms with Crippen molar-refractivity contribution in [3.05, 3.63) is 29.3 Å². The quantitative estimate of drug-likeness (QED) is 0.826. The van der Waals surface area contributed by atoms with Gasteiger partial charge in [-0.2, -0.15) is 0 Å². The van der Waals surface area contributed by atoms with Crippen LogP contribution in [0.4, 0.5) is 0 Å². The molecule has 1 aromatic carbocycles. The molecule has 0 radical (unpaired) electrons. The van der Waals surface area contributed by atoms with Crippen molar-refractivity contribution in [1.82, 2.24) is 5.32 Å². The third kappa shape index (κ3) is 2.56. The maximum Gasteiger partial charge on any atom is 0.123 e. The van der Waals surface area contributed by atoms with Crippen LogP contribution < -0.4 is 10.1 Å². The Kier molecular flexibility index (Phi) is 3.20. The zero-order chi connectivity index (χ0) is 11.6. The molecule has 0 aromatic heterocycles. The molecule has 0 spiro atoms. The summed E-state index contributed by atoms with van der Waals surface area (Å²) >= 11 is 0. The molecule has 1 atom stereocenters. The molecule has 1 aliphatic heterocycles. The van der Waals surface area contributed by atoms with Gasteiger partial charge in [0.15, 0.2) is 0 Å². The van der Waals surface area contributed by atoms with Gasteiger partial charge < -0.3 is 10.1 Å². The van der Waals surface area contributed by atoms with Crippen LogP contribution in [0.5, 0.6) is 5.75 Å². The number of aryl methyl sites for hydroxylation is 2. The third-order valence-corrected chi connectivity index (χ3v) is 3.24. The first-order chi connectivity index (χ1) is 7.59. The monoisotopic (exact) mass is 219 g/mol. The number of hydrogen-bond acceptors (Lipinski definition) is 2. The van der Waals surface area contributed by atoms with Gasteiger partial charge >= 0.3 is 0 Å². The predicted molar refractivity (Wildman–Crippen MR) is 67.1 cm³/mol. The van der Waals surface area contributed by atoms with Crippen LogP contribution in [-0.4, -0.2) is 18.7 Å². The first-order valence-electron chi connectivity index (χ1n) is 6.06. The highest BCUT2D eigenvalue weighted by molar-refractivity contribution is 5.36. The van der Waals surface area contributed by atoms with E-state index in [1.165, 1.54) is 17.5 Å². The lowest BCUT2D eigenvalue weighted by molar-refractivity contribution is 0.0607. The Labute approximate surface area is 98.0 Å². The van der Waals surface area contributed by atoms with Crippen LogP contribution >= 0.6 is 0 Å². The van der Waals surface area contributed by atoms with Gasteiger partial charge in [-0.05, 0) is 51.8 Å². The van der Waals surface area contributed by atoms with Gasteiger partial charge in [0.1, 0.15) is 11.4 Å². The number of piperidine rings is 1. The van der Waals surface area contributed by atoms with Crippen molar-refractivity contribution in [3.63, 3.8) is 0 Å². The SMILES string of the molecule is Cc1ccc(OC2(C)CCCNC2)c(C)c1. The van der Waals surface area contributed by atoms with E-state index in [2.05, 4.69) is 44.3 Å². The van der Waals surface area contributed by atoms with Gasteiger partial charge in [0.25, 0.3) is 0 Å². The largest absolute Gasteiger partial charge is 0.486 e. The zero-order valence-electron chi connectivity index (χ0n) is 10.5. The summed E-state index contributed by atoms with van der Waals surface area (Å²) in [5.41, 5.74) is 2.47. The van der Waals surface area contributed by atoms with E-state index in [9.17, 15) is 0 Å². The molecular formula is C14H21NO. The minimum absolute atomic E-state index is 0.0434. The summed E-state index contributed by atoms with van der Waals surface area (Å²) in [6, 6.07) is 6.38. The van der Waals surface area contributed by atoms with E-state index in [0.717, 1.165) is 25.3 Å². The fraction of sp³-hybridized carbons (Fsp3) is 0.571. The van der Waals surface area contributed by atoms with Gasteiger partial charge in [0.2, 0.25) is 0 Å². The van der Waals surface area contributed by atoms with E-state index in [-0.39, 0.29) is 5.60 Å². The minimum atomic E-state index is -0.0434. The van der Waals surface area contributed by atoms with Crippen molar-refractivity contribution < 1.29 is 4.74 Å². The number of benzene rings is 1. The second-order valence-electron chi connectivity index (χ2n) is 5.10. The Hall–Kier alpha value is -1.02. The van der Waals surface area contributed by atoms with Crippen molar-refractivity contribution in [2.75, 3.05) is 13.1 Å². The molecule has 0 amide bonds. The molecule has 1 fully saturated rings. The summed E-state index contributed by atoms with van der Waals surface area (Å²) in [4.78, 5) is 0.